The fourth-order valence-electron chi connectivity index (χ4n) is 3.57. The number of hydrogen-bond donors (Lipinski definition) is 2. The monoisotopic (exact) mass is 292 g/mol. The van der Waals surface area contributed by atoms with Gasteiger partial charge in [-0.15, -0.1) is 11.3 Å². The van der Waals surface area contributed by atoms with Crippen LogP contribution in [0.3, 0.4) is 0 Å². The predicted molar refractivity (Wildman–Crippen MR) is 83.2 cm³/mol. The van der Waals surface area contributed by atoms with Crippen LogP contribution in [0.25, 0.3) is 0 Å². The van der Waals surface area contributed by atoms with Crippen LogP contribution in [-0.2, 0) is 12.8 Å². The Balaban J connectivity index is 1.68. The number of nitrogens with one attached hydrogen (secondary N) is 1. The Morgan fingerprint density at radius 2 is 2.30 bits per heavy atom. The first kappa shape index (κ1) is 14.1. The molecule has 3 rings (SSSR count). The van der Waals surface area contributed by atoms with Gasteiger partial charge in [0.05, 0.1) is 4.88 Å². The number of nitrogens with two attached hydrogens (primary N) is 1. The van der Waals surface area contributed by atoms with Gasteiger partial charge in [0.25, 0.3) is 5.91 Å². The van der Waals surface area contributed by atoms with E-state index in [1.807, 2.05) is 0 Å². The van der Waals surface area contributed by atoms with Crippen LogP contribution >= 0.6 is 11.3 Å². The lowest BCUT2D eigenvalue weighted by Crippen LogP contribution is -2.39. The SMILES string of the molecule is CC1CCc2sc(C(=O)NC3CCCC3CN)cc2C1. The summed E-state index contributed by atoms with van der Waals surface area (Å²) in [6, 6.07) is 2.41. The van der Waals surface area contributed by atoms with Crippen molar-refractivity contribution in [2.45, 2.75) is 51.5 Å². The molecule has 0 bridgehead atoms. The number of aryl methyl sites for hydroxylation is 1. The minimum Gasteiger partial charge on any atom is -0.348 e. The lowest BCUT2D eigenvalue weighted by Gasteiger charge is -2.18. The molecule has 2 aliphatic rings. The second-order valence-electron chi connectivity index (χ2n) is 6.41. The van der Waals surface area contributed by atoms with Crippen LogP contribution in [0.5, 0.6) is 0 Å². The first-order valence-corrected chi connectivity index (χ1v) is 8.61. The second kappa shape index (κ2) is 5.86. The third-order valence-corrected chi connectivity index (χ3v) is 6.07. The van der Waals surface area contributed by atoms with Crippen LogP contribution in [-0.4, -0.2) is 18.5 Å². The maximum Gasteiger partial charge on any atom is 0.261 e. The lowest BCUT2D eigenvalue weighted by molar-refractivity contribution is 0.0933. The van der Waals surface area contributed by atoms with E-state index >= 15 is 0 Å². The Hall–Kier alpha value is -0.870. The van der Waals surface area contributed by atoms with Crippen LogP contribution in [0.1, 0.15) is 52.7 Å². The summed E-state index contributed by atoms with van der Waals surface area (Å²) < 4.78 is 0. The Morgan fingerprint density at radius 3 is 3.10 bits per heavy atom. The van der Waals surface area contributed by atoms with E-state index in [1.54, 1.807) is 11.3 Å². The van der Waals surface area contributed by atoms with Gasteiger partial charge in [0.1, 0.15) is 0 Å². The molecule has 1 fully saturated rings. The predicted octanol–water partition coefficient (Wildman–Crippen LogP) is 2.73. The standard InChI is InChI=1S/C16H24N2OS/c1-10-5-6-14-12(7-10)8-15(20-14)16(19)18-13-4-2-3-11(13)9-17/h8,10-11,13H,2-7,9,17H2,1H3,(H,18,19). The zero-order chi connectivity index (χ0) is 14.1. The molecule has 1 aromatic rings. The van der Waals surface area contributed by atoms with E-state index in [0.29, 0.717) is 12.5 Å². The highest BCUT2D eigenvalue weighted by Gasteiger charge is 2.28. The summed E-state index contributed by atoms with van der Waals surface area (Å²) in [7, 11) is 0. The van der Waals surface area contributed by atoms with Gasteiger partial charge < -0.3 is 11.1 Å². The van der Waals surface area contributed by atoms with E-state index in [-0.39, 0.29) is 11.9 Å². The first-order chi connectivity index (χ1) is 9.67. The minimum absolute atomic E-state index is 0.113. The Labute approximate surface area is 124 Å². The van der Waals surface area contributed by atoms with Crippen LogP contribution in [0, 0.1) is 11.8 Å². The minimum atomic E-state index is 0.113. The smallest absolute Gasteiger partial charge is 0.261 e. The molecule has 4 heteroatoms. The molecule has 0 aliphatic heterocycles. The molecule has 20 heavy (non-hydrogen) atoms. The third-order valence-electron chi connectivity index (χ3n) is 4.83. The van der Waals surface area contributed by atoms with Crippen molar-refractivity contribution in [1.29, 1.82) is 0 Å². The molecule has 0 aromatic carbocycles. The van der Waals surface area contributed by atoms with E-state index < -0.39 is 0 Å². The molecule has 1 aromatic heterocycles. The number of thiophene rings is 1. The van der Waals surface area contributed by atoms with Gasteiger partial charge in [-0.05, 0) is 62.1 Å². The fourth-order valence-corrected chi connectivity index (χ4v) is 4.68. The number of fused-ring (bicyclic) bond motifs is 1. The van der Waals surface area contributed by atoms with E-state index in [9.17, 15) is 4.79 Å². The van der Waals surface area contributed by atoms with Gasteiger partial charge in [0, 0.05) is 10.9 Å². The number of rotatable bonds is 3. The summed E-state index contributed by atoms with van der Waals surface area (Å²) in [5.74, 6) is 1.33. The Kier molecular flexibility index (Phi) is 4.13. The van der Waals surface area contributed by atoms with Gasteiger partial charge in [0.2, 0.25) is 0 Å². The average molecular weight is 292 g/mol. The van der Waals surface area contributed by atoms with Crippen molar-refractivity contribution in [1.82, 2.24) is 5.32 Å². The highest BCUT2D eigenvalue weighted by atomic mass is 32.1. The van der Waals surface area contributed by atoms with Crippen molar-refractivity contribution in [3.63, 3.8) is 0 Å². The van der Waals surface area contributed by atoms with Crippen molar-refractivity contribution < 1.29 is 4.79 Å². The molecule has 2 aliphatic carbocycles. The van der Waals surface area contributed by atoms with Crippen molar-refractivity contribution >= 4 is 17.2 Å². The van der Waals surface area contributed by atoms with E-state index in [2.05, 4.69) is 18.3 Å². The highest BCUT2D eigenvalue weighted by molar-refractivity contribution is 7.14. The second-order valence-corrected chi connectivity index (χ2v) is 7.55. The van der Waals surface area contributed by atoms with Gasteiger partial charge in [-0.3, -0.25) is 4.79 Å². The van der Waals surface area contributed by atoms with E-state index in [0.717, 1.165) is 36.5 Å². The van der Waals surface area contributed by atoms with Gasteiger partial charge in [-0.1, -0.05) is 13.3 Å². The number of carbonyl (C=O) groups is 1. The number of carbonyl (C=O) groups excluding carboxylic acids is 1. The van der Waals surface area contributed by atoms with Crippen molar-refractivity contribution in [3.05, 3.63) is 21.4 Å². The largest absolute Gasteiger partial charge is 0.348 e. The first-order valence-electron chi connectivity index (χ1n) is 7.80. The molecule has 3 nitrogen and oxygen atoms in total. The molecule has 0 saturated heterocycles. The molecule has 3 unspecified atom stereocenters. The summed E-state index contributed by atoms with van der Waals surface area (Å²) in [5, 5.41) is 3.21. The lowest BCUT2D eigenvalue weighted by atomic mass is 9.90. The summed E-state index contributed by atoms with van der Waals surface area (Å²) in [6.07, 6.45) is 6.95. The molecular weight excluding hydrogens is 268 g/mol. The van der Waals surface area contributed by atoms with E-state index in [4.69, 9.17) is 5.73 Å². The normalized spacial score (nSPS) is 29.2. The van der Waals surface area contributed by atoms with Crippen molar-refractivity contribution in [3.8, 4) is 0 Å². The van der Waals surface area contributed by atoms with Crippen LogP contribution in [0.2, 0.25) is 0 Å². The zero-order valence-corrected chi connectivity index (χ0v) is 13.0. The number of hydrogen-bond acceptors (Lipinski definition) is 3. The Morgan fingerprint density at radius 1 is 1.45 bits per heavy atom. The molecular formula is C16H24N2OS. The van der Waals surface area contributed by atoms with Gasteiger partial charge in [-0.2, -0.15) is 0 Å². The maximum absolute atomic E-state index is 12.4. The number of amides is 1. The molecule has 0 spiro atoms. The van der Waals surface area contributed by atoms with Crippen LogP contribution in [0.15, 0.2) is 6.07 Å². The molecule has 3 N–H and O–H groups in total. The summed E-state index contributed by atoms with van der Waals surface area (Å²) in [5.41, 5.74) is 7.19. The fraction of sp³-hybridized carbons (Fsp3) is 0.688. The Bertz CT molecular complexity index is 497. The molecule has 1 heterocycles. The quantitative estimate of drug-likeness (QED) is 0.900. The van der Waals surface area contributed by atoms with Crippen molar-refractivity contribution in [2.75, 3.05) is 6.54 Å². The van der Waals surface area contributed by atoms with Gasteiger partial charge in [-0.25, -0.2) is 0 Å². The third kappa shape index (κ3) is 2.77. The summed E-state index contributed by atoms with van der Waals surface area (Å²) in [6.45, 7) is 2.98. The van der Waals surface area contributed by atoms with Crippen LogP contribution in [0.4, 0.5) is 0 Å². The van der Waals surface area contributed by atoms with Crippen LogP contribution < -0.4 is 11.1 Å². The van der Waals surface area contributed by atoms with Crippen molar-refractivity contribution in [2.24, 2.45) is 17.6 Å². The summed E-state index contributed by atoms with van der Waals surface area (Å²) in [4.78, 5) is 14.7. The molecule has 110 valence electrons. The molecule has 0 radical (unpaired) electrons. The summed E-state index contributed by atoms with van der Waals surface area (Å²) >= 11 is 1.69. The zero-order valence-electron chi connectivity index (χ0n) is 12.2. The average Bonchev–Trinajstić information content (AvgIpc) is 3.04. The molecule has 1 amide bonds. The maximum atomic E-state index is 12.4. The molecule has 3 atom stereocenters. The molecule has 1 saturated carbocycles. The van der Waals surface area contributed by atoms with Gasteiger partial charge >= 0.3 is 0 Å². The van der Waals surface area contributed by atoms with E-state index in [1.165, 1.54) is 23.3 Å². The van der Waals surface area contributed by atoms with Gasteiger partial charge in [0.15, 0.2) is 0 Å². The topological polar surface area (TPSA) is 55.1 Å². The highest BCUT2D eigenvalue weighted by Crippen LogP contribution is 2.32.